The smallest absolute Gasteiger partial charge is 0.142 e. The molecule has 0 unspecified atom stereocenters. The average molecular weight is 333 g/mol. The number of halogens is 2. The Morgan fingerprint density at radius 2 is 1.91 bits per heavy atom. The van der Waals surface area contributed by atoms with Gasteiger partial charge in [0.05, 0.1) is 17.0 Å². The van der Waals surface area contributed by atoms with E-state index in [0.717, 1.165) is 28.9 Å². The van der Waals surface area contributed by atoms with Gasteiger partial charge in [-0.2, -0.15) is 0 Å². The van der Waals surface area contributed by atoms with Gasteiger partial charge >= 0.3 is 0 Å². The van der Waals surface area contributed by atoms with Gasteiger partial charge in [0.2, 0.25) is 0 Å². The molecule has 0 amide bonds. The molecule has 2 aromatic carbocycles. The first-order valence-corrected chi connectivity index (χ1v) is 8.07. The molecular weight excluding hydrogens is 311 g/mol. The number of aryl methyl sites for hydroxylation is 2. The zero-order chi connectivity index (χ0) is 17.0. The first-order valence-electron chi connectivity index (χ1n) is 7.69. The van der Waals surface area contributed by atoms with E-state index in [1.165, 1.54) is 11.6 Å². The largest absolute Gasteiger partial charge is 0.366 e. The molecule has 122 valence electrons. The van der Waals surface area contributed by atoms with Gasteiger partial charge in [-0.15, -0.1) is 0 Å². The highest BCUT2D eigenvalue weighted by Gasteiger charge is 2.07. The van der Waals surface area contributed by atoms with Crippen molar-refractivity contribution in [2.24, 2.45) is 4.99 Å². The van der Waals surface area contributed by atoms with Crippen LogP contribution in [-0.2, 0) is 6.42 Å². The van der Waals surface area contributed by atoms with Crippen LogP contribution in [0.25, 0.3) is 0 Å². The lowest BCUT2D eigenvalue weighted by Gasteiger charge is -2.12. The molecule has 0 heterocycles. The van der Waals surface area contributed by atoms with Crippen LogP contribution in [0.1, 0.15) is 29.2 Å². The van der Waals surface area contributed by atoms with Crippen LogP contribution in [0.5, 0.6) is 0 Å². The van der Waals surface area contributed by atoms with E-state index in [4.69, 9.17) is 11.6 Å². The third kappa shape index (κ3) is 4.55. The van der Waals surface area contributed by atoms with E-state index >= 15 is 0 Å². The lowest BCUT2D eigenvalue weighted by Crippen LogP contribution is -2.14. The number of hydrogen-bond acceptors (Lipinski definition) is 1. The van der Waals surface area contributed by atoms with Gasteiger partial charge in [0.15, 0.2) is 0 Å². The molecule has 2 nitrogen and oxygen atoms in total. The predicted molar refractivity (Wildman–Crippen MR) is 96.6 cm³/mol. The minimum Gasteiger partial charge on any atom is -0.366 e. The van der Waals surface area contributed by atoms with Crippen LogP contribution in [0.3, 0.4) is 0 Å². The van der Waals surface area contributed by atoms with Gasteiger partial charge in [0.25, 0.3) is 0 Å². The van der Waals surface area contributed by atoms with E-state index < -0.39 is 0 Å². The fourth-order valence-corrected chi connectivity index (χ4v) is 2.42. The van der Waals surface area contributed by atoms with E-state index in [1.54, 1.807) is 6.07 Å². The molecule has 2 rings (SSSR count). The summed E-state index contributed by atoms with van der Waals surface area (Å²) in [5.41, 5.74) is 5.32. The zero-order valence-corrected chi connectivity index (χ0v) is 14.8. The van der Waals surface area contributed by atoms with Gasteiger partial charge in [-0.25, -0.2) is 9.38 Å². The van der Waals surface area contributed by atoms with E-state index in [0.29, 0.717) is 6.42 Å². The minimum atomic E-state index is -0.373. The maximum Gasteiger partial charge on any atom is 0.142 e. The average Bonchev–Trinajstić information content (AvgIpc) is 2.52. The Labute approximate surface area is 142 Å². The summed E-state index contributed by atoms with van der Waals surface area (Å²) in [6.07, 6.45) is 2.52. The molecule has 0 aliphatic carbocycles. The van der Waals surface area contributed by atoms with Crippen LogP contribution in [0.2, 0.25) is 5.02 Å². The molecule has 0 aromatic heterocycles. The lowest BCUT2D eigenvalue weighted by molar-refractivity contribution is 0.552. The fraction of sp³-hybridized carbons (Fsp3) is 0.316. The van der Waals surface area contributed by atoms with Crippen LogP contribution >= 0.6 is 11.6 Å². The lowest BCUT2D eigenvalue weighted by atomic mass is 9.97. The Bertz CT molecular complexity index is 726. The summed E-state index contributed by atoms with van der Waals surface area (Å²) in [6, 6.07) is 9.17. The van der Waals surface area contributed by atoms with Crippen molar-refractivity contribution >= 4 is 23.6 Å². The van der Waals surface area contributed by atoms with E-state index in [2.05, 4.69) is 31.0 Å². The summed E-state index contributed by atoms with van der Waals surface area (Å²) in [5, 5.41) is 0.159. The van der Waals surface area contributed by atoms with Crippen molar-refractivity contribution in [2.45, 2.75) is 27.2 Å². The van der Waals surface area contributed by atoms with Crippen LogP contribution in [0.4, 0.5) is 10.1 Å². The quantitative estimate of drug-likeness (QED) is 0.536. The van der Waals surface area contributed by atoms with Gasteiger partial charge in [0, 0.05) is 13.6 Å². The predicted octanol–water partition coefficient (Wildman–Crippen LogP) is 5.30. The number of rotatable bonds is 5. The third-order valence-electron chi connectivity index (χ3n) is 3.93. The van der Waals surface area contributed by atoms with E-state index in [9.17, 15) is 4.39 Å². The van der Waals surface area contributed by atoms with Crippen molar-refractivity contribution < 1.29 is 4.39 Å². The van der Waals surface area contributed by atoms with Crippen molar-refractivity contribution in [1.82, 2.24) is 4.90 Å². The van der Waals surface area contributed by atoms with Crippen molar-refractivity contribution in [2.75, 3.05) is 13.6 Å². The topological polar surface area (TPSA) is 15.6 Å². The van der Waals surface area contributed by atoms with E-state index in [1.807, 2.05) is 31.3 Å². The number of benzene rings is 2. The van der Waals surface area contributed by atoms with Crippen LogP contribution in [-0.4, -0.2) is 24.8 Å². The fourth-order valence-electron chi connectivity index (χ4n) is 2.30. The Balaban J connectivity index is 2.25. The van der Waals surface area contributed by atoms with Gasteiger partial charge < -0.3 is 4.90 Å². The van der Waals surface area contributed by atoms with Crippen molar-refractivity contribution in [3.05, 3.63) is 63.4 Å². The third-order valence-corrected chi connectivity index (χ3v) is 4.23. The van der Waals surface area contributed by atoms with Gasteiger partial charge in [-0.3, -0.25) is 0 Å². The van der Waals surface area contributed by atoms with Gasteiger partial charge in [0.1, 0.15) is 5.82 Å². The van der Waals surface area contributed by atoms with Crippen LogP contribution < -0.4 is 0 Å². The maximum absolute atomic E-state index is 13.6. The summed E-state index contributed by atoms with van der Waals surface area (Å²) in [5.74, 6) is -0.373. The molecule has 0 fully saturated rings. The molecule has 0 spiro atoms. The summed E-state index contributed by atoms with van der Waals surface area (Å²) < 4.78 is 13.6. The second kappa shape index (κ2) is 7.60. The van der Waals surface area contributed by atoms with Crippen molar-refractivity contribution in [1.29, 1.82) is 0 Å². The highest BCUT2D eigenvalue weighted by Crippen LogP contribution is 2.26. The molecular formula is C19H22ClFN2. The van der Waals surface area contributed by atoms with E-state index in [-0.39, 0.29) is 10.8 Å². The minimum absolute atomic E-state index is 0.159. The van der Waals surface area contributed by atoms with Crippen molar-refractivity contribution in [3.8, 4) is 0 Å². The SMILES string of the molecule is CCN(C)C=Nc1cc(C)c(Cc2ccc(Cl)c(F)c2)cc1C. The molecule has 0 radical (unpaired) electrons. The molecule has 0 aliphatic heterocycles. The zero-order valence-electron chi connectivity index (χ0n) is 14.0. The molecule has 0 aliphatic rings. The maximum atomic E-state index is 13.6. The highest BCUT2D eigenvalue weighted by molar-refractivity contribution is 6.30. The van der Waals surface area contributed by atoms with Crippen LogP contribution in [0.15, 0.2) is 35.3 Å². The Morgan fingerprint density at radius 3 is 2.57 bits per heavy atom. The molecule has 0 atom stereocenters. The first-order chi connectivity index (χ1) is 10.9. The summed E-state index contributed by atoms with van der Waals surface area (Å²) in [4.78, 5) is 6.56. The summed E-state index contributed by atoms with van der Waals surface area (Å²) in [6.45, 7) is 7.10. The first kappa shape index (κ1) is 17.5. The number of nitrogens with zero attached hydrogens (tertiary/aromatic N) is 2. The Hall–Kier alpha value is -1.87. The molecule has 0 saturated heterocycles. The Morgan fingerprint density at radius 1 is 1.17 bits per heavy atom. The van der Waals surface area contributed by atoms with Crippen LogP contribution in [0, 0.1) is 19.7 Å². The molecule has 0 saturated carbocycles. The summed E-state index contributed by atoms with van der Waals surface area (Å²) in [7, 11) is 2.00. The second-order valence-corrected chi connectivity index (χ2v) is 6.22. The molecule has 0 N–H and O–H groups in total. The molecule has 2 aromatic rings. The van der Waals surface area contributed by atoms with Gasteiger partial charge in [-0.1, -0.05) is 23.7 Å². The monoisotopic (exact) mass is 332 g/mol. The Kier molecular flexibility index (Phi) is 5.78. The highest BCUT2D eigenvalue weighted by atomic mass is 35.5. The standard InChI is InChI=1S/C19H22ClFN2/c1-5-23(4)12-22-19-9-13(2)16(8-14(19)3)10-15-6-7-17(20)18(21)11-15/h6-9,11-12H,5,10H2,1-4H3. The molecule has 4 heteroatoms. The molecule has 23 heavy (non-hydrogen) atoms. The van der Waals surface area contributed by atoms with Crippen molar-refractivity contribution in [3.63, 3.8) is 0 Å². The normalized spacial score (nSPS) is 11.2. The van der Waals surface area contributed by atoms with Gasteiger partial charge in [-0.05, 0) is 67.6 Å². The number of hydrogen-bond donors (Lipinski definition) is 0. The summed E-state index contributed by atoms with van der Waals surface area (Å²) >= 11 is 5.74. The second-order valence-electron chi connectivity index (χ2n) is 5.81. The number of aliphatic imine (C=N–C) groups is 1. The molecule has 0 bridgehead atoms.